The van der Waals surface area contributed by atoms with Crippen molar-refractivity contribution in [3.63, 3.8) is 0 Å². The molecule has 3 aromatic rings. The molecule has 0 radical (unpaired) electrons. The number of hydrogen-bond acceptors (Lipinski definition) is 5. The molecule has 0 spiro atoms. The SMILES string of the molecule is O=C(O)COc1ccc(Cl)cc1C1c2scnc2CCN1C(=O)C=Cc1ccccc1. The van der Waals surface area contributed by atoms with Gasteiger partial charge in [0.05, 0.1) is 22.1 Å². The Morgan fingerprint density at radius 2 is 2.06 bits per heavy atom. The number of thiazole rings is 1. The average molecular weight is 455 g/mol. The molecule has 0 saturated heterocycles. The maximum Gasteiger partial charge on any atom is 0.341 e. The van der Waals surface area contributed by atoms with E-state index in [-0.39, 0.29) is 5.91 Å². The second kappa shape index (κ2) is 9.32. The first-order chi connectivity index (χ1) is 15.0. The third kappa shape index (κ3) is 4.78. The molecule has 1 aromatic heterocycles. The fourth-order valence-corrected chi connectivity index (χ4v) is 4.71. The molecule has 2 aromatic carbocycles. The van der Waals surface area contributed by atoms with Crippen molar-refractivity contribution in [3.8, 4) is 5.75 Å². The van der Waals surface area contributed by atoms with Gasteiger partial charge in [0.25, 0.3) is 0 Å². The molecule has 1 amide bonds. The molecule has 2 heterocycles. The lowest BCUT2D eigenvalue weighted by molar-refractivity contribution is -0.139. The van der Waals surface area contributed by atoms with Gasteiger partial charge in [-0.1, -0.05) is 41.9 Å². The van der Waals surface area contributed by atoms with Crippen molar-refractivity contribution in [1.29, 1.82) is 0 Å². The van der Waals surface area contributed by atoms with Crippen LogP contribution in [0.2, 0.25) is 5.02 Å². The number of carboxylic acid groups (broad SMARTS) is 1. The zero-order valence-electron chi connectivity index (χ0n) is 16.4. The smallest absolute Gasteiger partial charge is 0.341 e. The van der Waals surface area contributed by atoms with E-state index >= 15 is 0 Å². The van der Waals surface area contributed by atoms with Crippen LogP contribution >= 0.6 is 22.9 Å². The first-order valence-electron chi connectivity index (χ1n) is 9.63. The van der Waals surface area contributed by atoms with Crippen LogP contribution in [0.5, 0.6) is 5.75 Å². The second-order valence-corrected chi connectivity index (χ2v) is 8.28. The molecule has 1 N–H and O–H groups in total. The number of amides is 1. The summed E-state index contributed by atoms with van der Waals surface area (Å²) in [6.45, 7) is -0.0109. The zero-order valence-corrected chi connectivity index (χ0v) is 18.0. The van der Waals surface area contributed by atoms with Gasteiger partial charge in [0.2, 0.25) is 5.91 Å². The Bertz CT molecular complexity index is 1130. The van der Waals surface area contributed by atoms with Crippen LogP contribution in [0.15, 0.2) is 60.1 Å². The van der Waals surface area contributed by atoms with E-state index < -0.39 is 18.6 Å². The van der Waals surface area contributed by atoms with Crippen LogP contribution in [0, 0.1) is 0 Å². The average Bonchev–Trinajstić information content (AvgIpc) is 3.25. The number of halogens is 1. The van der Waals surface area contributed by atoms with Gasteiger partial charge in [0, 0.05) is 29.6 Å². The van der Waals surface area contributed by atoms with Crippen LogP contribution in [0.25, 0.3) is 6.08 Å². The van der Waals surface area contributed by atoms with Crippen molar-refractivity contribution in [3.05, 3.63) is 86.8 Å². The van der Waals surface area contributed by atoms with Crippen LogP contribution in [-0.4, -0.2) is 40.0 Å². The lowest BCUT2D eigenvalue weighted by atomic mass is 9.96. The standard InChI is InChI=1S/C23H19ClN2O4S/c24-16-7-8-19(30-13-21(28)29)17(12-16)22-23-18(25-14-31-23)10-11-26(22)20(27)9-6-15-4-2-1-3-5-15/h1-9,12,14,22H,10-11,13H2,(H,28,29). The van der Waals surface area contributed by atoms with Crippen molar-refractivity contribution in [2.75, 3.05) is 13.2 Å². The first-order valence-corrected chi connectivity index (χ1v) is 10.9. The van der Waals surface area contributed by atoms with Crippen molar-refractivity contribution in [1.82, 2.24) is 9.88 Å². The predicted octanol–water partition coefficient (Wildman–Crippen LogP) is 4.45. The van der Waals surface area contributed by atoms with Crippen molar-refractivity contribution >= 4 is 40.9 Å². The summed E-state index contributed by atoms with van der Waals surface area (Å²) in [5, 5.41) is 9.51. The van der Waals surface area contributed by atoms with E-state index in [1.54, 1.807) is 40.8 Å². The molecule has 0 aliphatic carbocycles. The summed E-state index contributed by atoms with van der Waals surface area (Å²) in [6, 6.07) is 14.1. The normalized spacial score (nSPS) is 15.6. The fourth-order valence-electron chi connectivity index (χ4n) is 3.56. The molecule has 0 bridgehead atoms. The van der Waals surface area contributed by atoms with Crippen LogP contribution in [0.1, 0.15) is 27.7 Å². The number of ether oxygens (including phenoxy) is 1. The van der Waals surface area contributed by atoms with Crippen LogP contribution in [-0.2, 0) is 16.0 Å². The summed E-state index contributed by atoms with van der Waals surface area (Å²) in [4.78, 5) is 31.4. The zero-order chi connectivity index (χ0) is 21.8. The van der Waals surface area contributed by atoms with E-state index in [0.29, 0.717) is 29.3 Å². The summed E-state index contributed by atoms with van der Waals surface area (Å²) in [5.41, 5.74) is 4.25. The van der Waals surface area contributed by atoms with E-state index in [0.717, 1.165) is 16.1 Å². The van der Waals surface area contributed by atoms with Crippen molar-refractivity contribution in [2.24, 2.45) is 0 Å². The minimum atomic E-state index is -1.08. The Labute approximate surface area is 188 Å². The Hall–Kier alpha value is -3.16. The Morgan fingerprint density at radius 1 is 1.26 bits per heavy atom. The van der Waals surface area contributed by atoms with E-state index in [9.17, 15) is 9.59 Å². The highest BCUT2D eigenvalue weighted by atomic mass is 35.5. The van der Waals surface area contributed by atoms with Crippen LogP contribution in [0.3, 0.4) is 0 Å². The molecule has 1 aliphatic heterocycles. The molecule has 31 heavy (non-hydrogen) atoms. The quantitative estimate of drug-likeness (QED) is 0.557. The van der Waals surface area contributed by atoms with Gasteiger partial charge in [-0.05, 0) is 29.8 Å². The fraction of sp³-hybridized carbons (Fsp3) is 0.174. The van der Waals surface area contributed by atoms with Gasteiger partial charge in [-0.15, -0.1) is 11.3 Å². The van der Waals surface area contributed by atoms with Crippen LogP contribution < -0.4 is 4.74 Å². The molecule has 1 atom stereocenters. The summed E-state index contributed by atoms with van der Waals surface area (Å²) in [7, 11) is 0. The molecule has 0 saturated carbocycles. The Morgan fingerprint density at radius 3 is 2.84 bits per heavy atom. The molecular weight excluding hydrogens is 436 g/mol. The monoisotopic (exact) mass is 454 g/mol. The topological polar surface area (TPSA) is 79.7 Å². The van der Waals surface area contributed by atoms with E-state index in [1.807, 2.05) is 30.3 Å². The number of carbonyl (C=O) groups is 2. The summed E-state index contributed by atoms with van der Waals surface area (Å²) < 4.78 is 5.53. The highest BCUT2D eigenvalue weighted by Gasteiger charge is 2.35. The highest BCUT2D eigenvalue weighted by Crippen LogP contribution is 2.42. The molecule has 6 nitrogen and oxygen atoms in total. The maximum atomic E-state index is 13.2. The highest BCUT2D eigenvalue weighted by molar-refractivity contribution is 7.09. The molecule has 4 rings (SSSR count). The second-order valence-electron chi connectivity index (χ2n) is 6.96. The number of benzene rings is 2. The largest absolute Gasteiger partial charge is 0.482 e. The lowest BCUT2D eigenvalue weighted by Gasteiger charge is -2.35. The third-order valence-corrected chi connectivity index (χ3v) is 6.10. The molecule has 0 fully saturated rings. The number of nitrogens with zero attached hydrogens (tertiary/aromatic N) is 2. The minimum absolute atomic E-state index is 0.155. The molecular formula is C23H19ClN2O4S. The summed E-state index contributed by atoms with van der Waals surface area (Å²) >= 11 is 7.73. The van der Waals surface area contributed by atoms with Gasteiger partial charge in [0.1, 0.15) is 5.75 Å². The van der Waals surface area contributed by atoms with Crippen molar-refractivity contribution < 1.29 is 19.4 Å². The number of hydrogen-bond donors (Lipinski definition) is 1. The van der Waals surface area contributed by atoms with Crippen LogP contribution in [0.4, 0.5) is 0 Å². The van der Waals surface area contributed by atoms with Gasteiger partial charge in [-0.3, -0.25) is 4.79 Å². The van der Waals surface area contributed by atoms with Gasteiger partial charge >= 0.3 is 5.97 Å². The molecule has 1 aliphatic rings. The maximum absolute atomic E-state index is 13.2. The third-order valence-electron chi connectivity index (χ3n) is 4.94. The van der Waals surface area contributed by atoms with Gasteiger partial charge in [-0.2, -0.15) is 0 Å². The molecule has 1 unspecified atom stereocenters. The number of aliphatic carboxylic acids is 1. The Balaban J connectivity index is 1.72. The predicted molar refractivity (Wildman–Crippen MR) is 119 cm³/mol. The van der Waals surface area contributed by atoms with Gasteiger partial charge in [0.15, 0.2) is 6.61 Å². The van der Waals surface area contributed by atoms with E-state index in [2.05, 4.69) is 4.98 Å². The number of fused-ring (bicyclic) bond motifs is 1. The van der Waals surface area contributed by atoms with Gasteiger partial charge < -0.3 is 14.7 Å². The molecule has 158 valence electrons. The first kappa shape index (κ1) is 21.1. The number of aromatic nitrogens is 1. The van der Waals surface area contributed by atoms with Crippen molar-refractivity contribution in [2.45, 2.75) is 12.5 Å². The van der Waals surface area contributed by atoms with Gasteiger partial charge in [-0.25, -0.2) is 9.78 Å². The summed E-state index contributed by atoms with van der Waals surface area (Å²) in [6.07, 6.45) is 3.98. The number of carboxylic acids is 1. The minimum Gasteiger partial charge on any atom is -0.482 e. The van der Waals surface area contributed by atoms with E-state index in [4.69, 9.17) is 21.4 Å². The Kier molecular flexibility index (Phi) is 6.34. The number of rotatable bonds is 6. The van der Waals surface area contributed by atoms with E-state index in [1.165, 1.54) is 11.3 Å². The summed E-state index contributed by atoms with van der Waals surface area (Å²) in [5.74, 6) is -0.860. The lowest BCUT2D eigenvalue weighted by Crippen LogP contribution is -2.39. The number of carbonyl (C=O) groups excluding carboxylic acids is 1. The molecule has 8 heteroatoms.